The summed E-state index contributed by atoms with van der Waals surface area (Å²) in [7, 11) is -3.03. The van der Waals surface area contributed by atoms with Gasteiger partial charge in [0.05, 0.1) is 19.0 Å². The predicted octanol–water partition coefficient (Wildman–Crippen LogP) is 2.99. The Balaban J connectivity index is 2.31. The van der Waals surface area contributed by atoms with Crippen LogP contribution in [0.3, 0.4) is 0 Å². The first kappa shape index (κ1) is 21.9. The zero-order valence-corrected chi connectivity index (χ0v) is 17.0. The average molecular weight is 407 g/mol. The number of aliphatic carboxylic acids is 1. The number of hydrogen-bond acceptors (Lipinski definition) is 5. The maximum Gasteiger partial charge on any atom is 0.303 e. The second kappa shape index (κ2) is 9.71. The van der Waals surface area contributed by atoms with E-state index in [-0.39, 0.29) is 25.4 Å². The van der Waals surface area contributed by atoms with Crippen molar-refractivity contribution < 1.29 is 28.2 Å². The number of rotatable bonds is 10. The molecule has 0 saturated carbocycles. The van der Waals surface area contributed by atoms with Crippen LogP contribution in [0.5, 0.6) is 5.75 Å². The molecule has 28 heavy (non-hydrogen) atoms. The molecule has 0 aromatic heterocycles. The second-order valence-corrected chi connectivity index (χ2v) is 9.12. The third kappa shape index (κ3) is 6.65. The molecule has 0 fully saturated rings. The van der Waals surface area contributed by atoms with Crippen LogP contribution in [-0.4, -0.2) is 43.2 Å². The Kier molecular flexibility index (Phi) is 7.60. The second-order valence-electron chi connectivity index (χ2n) is 6.86. The van der Waals surface area contributed by atoms with Gasteiger partial charge in [0.15, 0.2) is 0 Å². The average Bonchev–Trinajstić information content (AvgIpc) is 2.62. The molecule has 0 unspecified atom stereocenters. The van der Waals surface area contributed by atoms with Crippen molar-refractivity contribution in [3.8, 4) is 16.9 Å². The van der Waals surface area contributed by atoms with Gasteiger partial charge in [0, 0.05) is 12.7 Å². The lowest BCUT2D eigenvalue weighted by molar-refractivity contribution is -0.136. The summed E-state index contributed by atoms with van der Waals surface area (Å²) >= 11 is 0. The van der Waals surface area contributed by atoms with Gasteiger partial charge in [-0.2, -0.15) is 0 Å². The van der Waals surface area contributed by atoms with Gasteiger partial charge in [-0.15, -0.1) is 0 Å². The highest BCUT2D eigenvalue weighted by atomic mass is 32.2. The van der Waals surface area contributed by atoms with Gasteiger partial charge in [-0.1, -0.05) is 18.2 Å². The Morgan fingerprint density at radius 1 is 1.18 bits per heavy atom. The molecule has 2 rings (SSSR count). The molecule has 0 amide bonds. The monoisotopic (exact) mass is 406 g/mol. The van der Waals surface area contributed by atoms with Gasteiger partial charge in [-0.05, 0) is 65.8 Å². The van der Waals surface area contributed by atoms with E-state index in [0.29, 0.717) is 18.6 Å². The molecule has 2 aromatic rings. The summed E-state index contributed by atoms with van der Waals surface area (Å²) in [4.78, 5) is 11.1. The molecule has 0 spiro atoms. The van der Waals surface area contributed by atoms with Crippen molar-refractivity contribution in [3.63, 3.8) is 0 Å². The summed E-state index contributed by atoms with van der Waals surface area (Å²) < 4.78 is 28.2. The van der Waals surface area contributed by atoms with E-state index in [9.17, 15) is 18.3 Å². The van der Waals surface area contributed by atoms with Gasteiger partial charge < -0.3 is 14.9 Å². The maximum absolute atomic E-state index is 11.2. The van der Waals surface area contributed by atoms with Crippen LogP contribution >= 0.6 is 0 Å². The Hall–Kier alpha value is -2.38. The number of aryl methyl sites for hydroxylation is 2. The van der Waals surface area contributed by atoms with E-state index in [1.165, 1.54) is 6.26 Å². The van der Waals surface area contributed by atoms with Gasteiger partial charge in [-0.3, -0.25) is 4.79 Å². The number of carbonyl (C=O) groups is 1. The molecule has 0 heterocycles. The molecule has 0 aliphatic carbocycles. The largest absolute Gasteiger partial charge is 0.494 e. The van der Waals surface area contributed by atoms with E-state index in [1.54, 1.807) is 0 Å². The van der Waals surface area contributed by atoms with Crippen LogP contribution in [0.4, 0.5) is 0 Å². The number of benzene rings is 2. The van der Waals surface area contributed by atoms with E-state index in [0.717, 1.165) is 27.8 Å². The van der Waals surface area contributed by atoms with Crippen molar-refractivity contribution in [2.24, 2.45) is 0 Å². The molecule has 0 radical (unpaired) electrons. The summed E-state index contributed by atoms with van der Waals surface area (Å²) in [6.07, 6.45) is 1.91. The molecule has 152 valence electrons. The fourth-order valence-electron chi connectivity index (χ4n) is 3.10. The number of aliphatic hydroxyl groups is 1. The molecule has 2 N–H and O–H groups in total. The summed E-state index contributed by atoms with van der Waals surface area (Å²) in [5.41, 5.74) is 4.39. The fraction of sp³-hybridized carbons (Fsp3) is 0.381. The lowest BCUT2D eigenvalue weighted by atomic mass is 9.91. The first-order valence-corrected chi connectivity index (χ1v) is 11.1. The van der Waals surface area contributed by atoms with Gasteiger partial charge in [0.25, 0.3) is 0 Å². The van der Waals surface area contributed by atoms with Crippen LogP contribution in [0.15, 0.2) is 36.4 Å². The number of ether oxygens (including phenoxy) is 1. The van der Waals surface area contributed by atoms with Crippen molar-refractivity contribution >= 4 is 15.8 Å². The fourth-order valence-corrected chi connectivity index (χ4v) is 3.74. The third-order valence-electron chi connectivity index (χ3n) is 4.33. The lowest BCUT2D eigenvalue weighted by Crippen LogP contribution is -2.08. The van der Waals surface area contributed by atoms with Crippen LogP contribution in [0.2, 0.25) is 0 Å². The Labute approximate surface area is 165 Å². The molecule has 6 nitrogen and oxygen atoms in total. The van der Waals surface area contributed by atoms with Crippen LogP contribution in [0.25, 0.3) is 11.1 Å². The molecule has 0 saturated heterocycles. The SMILES string of the molecule is Cc1cc(OCCCS(C)(=O)=O)cc(CCC(=O)O)c1-c1cccc(CO)c1. The number of hydrogen-bond donors (Lipinski definition) is 2. The van der Waals surface area contributed by atoms with Crippen molar-refractivity contribution in [1.29, 1.82) is 0 Å². The maximum atomic E-state index is 11.2. The molecule has 0 bridgehead atoms. The van der Waals surface area contributed by atoms with E-state index >= 15 is 0 Å². The van der Waals surface area contributed by atoms with Crippen molar-refractivity contribution in [2.45, 2.75) is 32.8 Å². The summed E-state index contributed by atoms with van der Waals surface area (Å²) in [6.45, 7) is 2.12. The zero-order valence-electron chi connectivity index (χ0n) is 16.1. The number of carboxylic acid groups (broad SMARTS) is 1. The smallest absolute Gasteiger partial charge is 0.303 e. The van der Waals surface area contributed by atoms with Crippen LogP contribution < -0.4 is 4.74 Å². The van der Waals surface area contributed by atoms with Crippen LogP contribution in [0, 0.1) is 6.92 Å². The van der Waals surface area contributed by atoms with E-state index in [2.05, 4.69) is 0 Å². The van der Waals surface area contributed by atoms with Crippen molar-refractivity contribution in [3.05, 3.63) is 53.1 Å². The number of aliphatic hydroxyl groups excluding tert-OH is 1. The standard InChI is InChI=1S/C21H26O6S/c1-15-11-19(27-9-4-10-28(2,25)26)13-18(7-8-20(23)24)21(15)17-6-3-5-16(12-17)14-22/h3,5-6,11-13,22H,4,7-10,14H2,1-2H3,(H,23,24). The lowest BCUT2D eigenvalue weighted by Gasteiger charge is -2.16. The first-order valence-electron chi connectivity index (χ1n) is 9.05. The van der Waals surface area contributed by atoms with Gasteiger partial charge in [0.2, 0.25) is 0 Å². The van der Waals surface area contributed by atoms with Crippen molar-refractivity contribution in [1.82, 2.24) is 0 Å². The van der Waals surface area contributed by atoms with Crippen LogP contribution in [-0.2, 0) is 27.7 Å². The van der Waals surface area contributed by atoms with Gasteiger partial charge in [0.1, 0.15) is 15.6 Å². The van der Waals surface area contributed by atoms with Gasteiger partial charge in [-0.25, -0.2) is 8.42 Å². The highest BCUT2D eigenvalue weighted by Crippen LogP contribution is 2.33. The minimum absolute atomic E-state index is 0.0103. The molecule has 0 aliphatic heterocycles. The predicted molar refractivity (Wildman–Crippen MR) is 108 cm³/mol. The molecule has 7 heteroatoms. The molecule has 0 atom stereocenters. The molecular formula is C21H26O6S. The van der Waals surface area contributed by atoms with E-state index in [4.69, 9.17) is 9.84 Å². The van der Waals surface area contributed by atoms with Crippen LogP contribution in [0.1, 0.15) is 29.5 Å². The Bertz CT molecular complexity index is 934. The zero-order chi connectivity index (χ0) is 20.7. The molecule has 0 aliphatic rings. The summed E-state index contributed by atoms with van der Waals surface area (Å²) in [6, 6.07) is 11.2. The van der Waals surface area contributed by atoms with E-state index < -0.39 is 15.8 Å². The van der Waals surface area contributed by atoms with Crippen molar-refractivity contribution in [2.75, 3.05) is 18.6 Å². The molecule has 2 aromatic carbocycles. The van der Waals surface area contributed by atoms with Gasteiger partial charge >= 0.3 is 5.97 Å². The minimum atomic E-state index is -3.03. The van der Waals surface area contributed by atoms with E-state index in [1.807, 2.05) is 43.3 Å². The highest BCUT2D eigenvalue weighted by Gasteiger charge is 2.13. The first-order chi connectivity index (χ1) is 13.2. The highest BCUT2D eigenvalue weighted by molar-refractivity contribution is 7.90. The topological polar surface area (TPSA) is 101 Å². The third-order valence-corrected chi connectivity index (χ3v) is 5.36. The summed E-state index contributed by atoms with van der Waals surface area (Å²) in [5.74, 6) is -0.232. The summed E-state index contributed by atoms with van der Waals surface area (Å²) in [5, 5.41) is 18.5. The Morgan fingerprint density at radius 2 is 1.93 bits per heavy atom. The quantitative estimate of drug-likeness (QED) is 0.588. The minimum Gasteiger partial charge on any atom is -0.494 e. The number of sulfone groups is 1. The Morgan fingerprint density at radius 3 is 2.57 bits per heavy atom. The molecular weight excluding hydrogens is 380 g/mol. The number of carboxylic acids is 1. The normalized spacial score (nSPS) is 11.4.